The van der Waals surface area contributed by atoms with E-state index >= 15 is 0 Å². The zero-order valence-corrected chi connectivity index (χ0v) is 11.9. The second-order valence-corrected chi connectivity index (χ2v) is 4.92. The predicted octanol–water partition coefficient (Wildman–Crippen LogP) is 0.951. The van der Waals surface area contributed by atoms with Gasteiger partial charge >= 0.3 is 5.97 Å². The first-order valence-corrected chi connectivity index (χ1v) is 6.54. The Morgan fingerprint density at radius 1 is 1.33 bits per heavy atom. The molecule has 5 heteroatoms. The molecule has 5 nitrogen and oxygen atoms in total. The van der Waals surface area contributed by atoms with E-state index in [0.29, 0.717) is 25.7 Å². The fourth-order valence-electron chi connectivity index (χ4n) is 1.44. The van der Waals surface area contributed by atoms with Crippen molar-refractivity contribution in [1.29, 1.82) is 0 Å². The zero-order valence-electron chi connectivity index (χ0n) is 11.9. The van der Waals surface area contributed by atoms with Crippen LogP contribution < -0.4 is 5.32 Å². The first-order valence-electron chi connectivity index (χ1n) is 6.54. The van der Waals surface area contributed by atoms with Crippen LogP contribution in [0.4, 0.5) is 0 Å². The molecule has 2 unspecified atom stereocenters. The average Bonchev–Trinajstić information content (AvgIpc) is 2.34. The molecule has 18 heavy (non-hydrogen) atoms. The molecule has 0 rings (SSSR count). The normalized spacial score (nSPS) is 14.6. The summed E-state index contributed by atoms with van der Waals surface area (Å²) in [4.78, 5) is 11.1. The molecule has 0 heterocycles. The lowest BCUT2D eigenvalue weighted by molar-refractivity contribution is -0.142. The van der Waals surface area contributed by atoms with Crippen molar-refractivity contribution in [1.82, 2.24) is 5.32 Å². The maximum Gasteiger partial charge on any atom is 0.322 e. The Morgan fingerprint density at radius 3 is 2.56 bits per heavy atom. The number of hydrogen-bond acceptors (Lipinski definition) is 5. The number of aliphatic hydroxyl groups excluding tert-OH is 1. The number of aliphatic hydroxyl groups is 1. The van der Waals surface area contributed by atoms with Crippen LogP contribution in [0.5, 0.6) is 0 Å². The van der Waals surface area contributed by atoms with Crippen LogP contribution in [0.3, 0.4) is 0 Å². The molecule has 2 N–H and O–H groups in total. The molecule has 0 aliphatic heterocycles. The van der Waals surface area contributed by atoms with Gasteiger partial charge in [-0.1, -0.05) is 13.8 Å². The van der Waals surface area contributed by atoms with Crippen LogP contribution in [0, 0.1) is 5.92 Å². The maximum absolute atomic E-state index is 11.1. The topological polar surface area (TPSA) is 67.8 Å². The average molecular weight is 261 g/mol. The van der Waals surface area contributed by atoms with E-state index in [-0.39, 0.29) is 5.97 Å². The number of nitrogens with one attached hydrogen (secondary N) is 1. The summed E-state index contributed by atoms with van der Waals surface area (Å²) in [6.45, 7) is 7.32. The minimum absolute atomic E-state index is 0.291. The highest BCUT2D eigenvalue weighted by Crippen LogP contribution is 2.03. The fourth-order valence-corrected chi connectivity index (χ4v) is 1.44. The van der Waals surface area contributed by atoms with Crippen molar-refractivity contribution < 1.29 is 19.4 Å². The van der Waals surface area contributed by atoms with E-state index < -0.39 is 12.1 Å². The van der Waals surface area contributed by atoms with Crippen molar-refractivity contribution >= 4 is 5.97 Å². The largest absolute Gasteiger partial charge is 0.468 e. The van der Waals surface area contributed by atoms with Crippen LogP contribution >= 0.6 is 0 Å². The Morgan fingerprint density at radius 2 is 2.00 bits per heavy atom. The summed E-state index contributed by atoms with van der Waals surface area (Å²) in [5.41, 5.74) is 0. The van der Waals surface area contributed by atoms with E-state index in [0.717, 1.165) is 12.8 Å². The summed E-state index contributed by atoms with van der Waals surface area (Å²) < 4.78 is 9.92. The molecule has 0 aliphatic rings. The van der Waals surface area contributed by atoms with E-state index in [1.165, 1.54) is 7.11 Å². The first kappa shape index (κ1) is 17.4. The highest BCUT2D eigenvalue weighted by atomic mass is 16.5. The quantitative estimate of drug-likeness (QED) is 0.453. The number of carbonyl (C=O) groups is 1. The van der Waals surface area contributed by atoms with Gasteiger partial charge in [-0.2, -0.15) is 0 Å². The van der Waals surface area contributed by atoms with Gasteiger partial charge < -0.3 is 19.9 Å². The lowest BCUT2D eigenvalue weighted by Gasteiger charge is -2.15. The lowest BCUT2D eigenvalue weighted by atomic mass is 10.1. The first-order chi connectivity index (χ1) is 8.47. The summed E-state index contributed by atoms with van der Waals surface area (Å²) in [5.74, 6) is 0.348. The van der Waals surface area contributed by atoms with Crippen molar-refractivity contribution in [2.75, 3.05) is 26.9 Å². The second-order valence-electron chi connectivity index (χ2n) is 4.92. The van der Waals surface area contributed by atoms with Gasteiger partial charge in [0.05, 0.1) is 19.8 Å². The van der Waals surface area contributed by atoms with Gasteiger partial charge in [0.15, 0.2) is 0 Å². The van der Waals surface area contributed by atoms with Crippen molar-refractivity contribution in [3.8, 4) is 0 Å². The maximum atomic E-state index is 11.1. The highest BCUT2D eigenvalue weighted by Gasteiger charge is 2.14. The molecule has 0 amide bonds. The molecule has 0 fully saturated rings. The standard InChI is InChI=1S/C13H27NO4/c1-10(2)6-5-7-18-9-12(15)8-14-11(3)13(16)17-4/h10-12,14-15H,5-9H2,1-4H3. The number of methoxy groups -OCH3 is 1. The van der Waals surface area contributed by atoms with Crippen molar-refractivity contribution in [2.24, 2.45) is 5.92 Å². The third-order valence-corrected chi connectivity index (χ3v) is 2.59. The van der Waals surface area contributed by atoms with E-state index in [9.17, 15) is 9.90 Å². The third kappa shape index (κ3) is 9.39. The molecule has 0 aromatic carbocycles. The molecule has 0 spiro atoms. The summed E-state index contributed by atoms with van der Waals surface area (Å²) in [7, 11) is 1.34. The molecule has 0 aliphatic carbocycles. The van der Waals surface area contributed by atoms with E-state index in [4.69, 9.17) is 4.74 Å². The summed E-state index contributed by atoms with van der Waals surface area (Å²) in [6, 6.07) is -0.411. The Kier molecular flexibility index (Phi) is 9.92. The van der Waals surface area contributed by atoms with Crippen molar-refractivity contribution in [2.45, 2.75) is 45.8 Å². The van der Waals surface area contributed by atoms with Crippen molar-refractivity contribution in [3.63, 3.8) is 0 Å². The zero-order chi connectivity index (χ0) is 14.0. The predicted molar refractivity (Wildman–Crippen MR) is 70.4 cm³/mol. The van der Waals surface area contributed by atoms with Crippen LogP contribution in [0.25, 0.3) is 0 Å². The molecule has 2 atom stereocenters. The Hall–Kier alpha value is -0.650. The molecule has 0 aromatic rings. The fraction of sp³-hybridized carbons (Fsp3) is 0.923. The van der Waals surface area contributed by atoms with Gasteiger partial charge in [0.2, 0.25) is 0 Å². The molecular weight excluding hydrogens is 234 g/mol. The molecule has 0 aromatic heterocycles. The third-order valence-electron chi connectivity index (χ3n) is 2.59. The number of hydrogen-bond donors (Lipinski definition) is 2. The van der Waals surface area contributed by atoms with Crippen LogP contribution in [0.2, 0.25) is 0 Å². The number of esters is 1. The minimum Gasteiger partial charge on any atom is -0.468 e. The monoisotopic (exact) mass is 261 g/mol. The Balaban J connectivity index is 3.48. The number of rotatable bonds is 10. The van der Waals surface area contributed by atoms with Crippen molar-refractivity contribution in [3.05, 3.63) is 0 Å². The van der Waals surface area contributed by atoms with Gasteiger partial charge in [0.1, 0.15) is 6.04 Å². The Bertz CT molecular complexity index is 221. The molecule has 0 radical (unpaired) electrons. The Labute approximate surface area is 110 Å². The number of ether oxygens (including phenoxy) is 2. The van der Waals surface area contributed by atoms with Crippen LogP contribution in [0.15, 0.2) is 0 Å². The highest BCUT2D eigenvalue weighted by molar-refractivity contribution is 5.75. The smallest absolute Gasteiger partial charge is 0.322 e. The van der Waals surface area contributed by atoms with Gasteiger partial charge in [-0.05, 0) is 25.7 Å². The summed E-state index contributed by atoms with van der Waals surface area (Å²) >= 11 is 0. The summed E-state index contributed by atoms with van der Waals surface area (Å²) in [6.07, 6.45) is 1.54. The molecule has 0 saturated carbocycles. The van der Waals surface area contributed by atoms with Crippen LogP contribution in [-0.4, -0.2) is 50.1 Å². The molecule has 0 saturated heterocycles. The second kappa shape index (κ2) is 10.3. The SMILES string of the molecule is COC(=O)C(C)NCC(O)COCCCC(C)C. The summed E-state index contributed by atoms with van der Waals surface area (Å²) in [5, 5.41) is 12.5. The van der Waals surface area contributed by atoms with E-state index in [1.807, 2.05) is 0 Å². The number of carbonyl (C=O) groups excluding carboxylic acids is 1. The molecule has 108 valence electrons. The van der Waals surface area contributed by atoms with Gasteiger partial charge in [0, 0.05) is 13.2 Å². The van der Waals surface area contributed by atoms with E-state index in [1.54, 1.807) is 6.92 Å². The van der Waals surface area contributed by atoms with E-state index in [2.05, 4.69) is 23.9 Å². The lowest BCUT2D eigenvalue weighted by Crippen LogP contribution is -2.40. The van der Waals surface area contributed by atoms with Crippen LogP contribution in [-0.2, 0) is 14.3 Å². The molecule has 0 bridgehead atoms. The van der Waals surface area contributed by atoms with Gasteiger partial charge in [-0.3, -0.25) is 4.79 Å². The molecular formula is C13H27NO4. The minimum atomic E-state index is -0.601. The van der Waals surface area contributed by atoms with Gasteiger partial charge in [-0.15, -0.1) is 0 Å². The van der Waals surface area contributed by atoms with Crippen LogP contribution in [0.1, 0.15) is 33.6 Å². The van der Waals surface area contributed by atoms with Gasteiger partial charge in [-0.25, -0.2) is 0 Å². The van der Waals surface area contributed by atoms with Gasteiger partial charge in [0.25, 0.3) is 0 Å².